The molecule has 2 heterocycles. The highest BCUT2D eigenvalue weighted by atomic mass is 16.5. The van der Waals surface area contributed by atoms with E-state index in [-0.39, 0.29) is 5.97 Å². The first-order chi connectivity index (χ1) is 7.79. The van der Waals surface area contributed by atoms with Crippen molar-refractivity contribution in [2.45, 2.75) is 19.3 Å². The van der Waals surface area contributed by atoms with Gasteiger partial charge in [0.2, 0.25) is 0 Å². The molecule has 4 heteroatoms. The summed E-state index contributed by atoms with van der Waals surface area (Å²) in [5.74, 6) is -0.148. The van der Waals surface area contributed by atoms with Crippen LogP contribution in [-0.4, -0.2) is 22.5 Å². The summed E-state index contributed by atoms with van der Waals surface area (Å²) in [4.78, 5) is 15.0. The maximum atomic E-state index is 10.9. The quantitative estimate of drug-likeness (QED) is 0.735. The average Bonchev–Trinajstić information content (AvgIpc) is 2.76. The van der Waals surface area contributed by atoms with Gasteiger partial charge in [0.1, 0.15) is 0 Å². The lowest BCUT2D eigenvalue weighted by Gasteiger charge is -2.02. The number of ether oxygens (including phenoxy) is 1. The largest absolute Gasteiger partial charge is 0.469 e. The van der Waals surface area contributed by atoms with Crippen molar-refractivity contribution in [3.05, 3.63) is 36.4 Å². The van der Waals surface area contributed by atoms with Gasteiger partial charge in [-0.3, -0.25) is 4.79 Å². The van der Waals surface area contributed by atoms with E-state index in [1.807, 2.05) is 22.9 Å². The number of imidazole rings is 1. The molecule has 0 fully saturated rings. The third-order valence-electron chi connectivity index (χ3n) is 2.55. The van der Waals surface area contributed by atoms with Crippen LogP contribution in [0.1, 0.15) is 18.4 Å². The van der Waals surface area contributed by atoms with Gasteiger partial charge in [-0.1, -0.05) is 0 Å². The summed E-state index contributed by atoms with van der Waals surface area (Å²) in [6.45, 7) is 0. The molecule has 0 aliphatic rings. The Labute approximate surface area is 93.9 Å². The van der Waals surface area contributed by atoms with Crippen LogP contribution in [-0.2, 0) is 16.0 Å². The number of methoxy groups -OCH3 is 1. The van der Waals surface area contributed by atoms with Gasteiger partial charge in [0, 0.05) is 12.6 Å². The zero-order valence-electron chi connectivity index (χ0n) is 9.22. The summed E-state index contributed by atoms with van der Waals surface area (Å²) in [7, 11) is 1.42. The van der Waals surface area contributed by atoms with Crippen molar-refractivity contribution in [1.82, 2.24) is 9.38 Å². The van der Waals surface area contributed by atoms with E-state index >= 15 is 0 Å². The molecular formula is C12H14N2O2. The molecule has 2 rings (SSSR count). The number of hydrogen-bond acceptors (Lipinski definition) is 3. The Morgan fingerprint density at radius 1 is 1.56 bits per heavy atom. The van der Waals surface area contributed by atoms with Crippen molar-refractivity contribution >= 4 is 11.5 Å². The van der Waals surface area contributed by atoms with Crippen LogP contribution in [0.2, 0.25) is 0 Å². The van der Waals surface area contributed by atoms with Gasteiger partial charge in [-0.15, -0.1) is 0 Å². The minimum Gasteiger partial charge on any atom is -0.469 e. The normalized spacial score (nSPS) is 10.6. The van der Waals surface area contributed by atoms with E-state index in [0.29, 0.717) is 6.42 Å². The first-order valence-electron chi connectivity index (χ1n) is 5.27. The van der Waals surface area contributed by atoms with Crippen LogP contribution < -0.4 is 0 Å². The summed E-state index contributed by atoms with van der Waals surface area (Å²) in [6.07, 6.45) is 7.75. The minimum absolute atomic E-state index is 0.148. The molecule has 0 saturated carbocycles. The lowest BCUT2D eigenvalue weighted by atomic mass is 10.1. The van der Waals surface area contributed by atoms with E-state index in [1.54, 1.807) is 6.33 Å². The number of aryl methyl sites for hydroxylation is 1. The van der Waals surface area contributed by atoms with Crippen molar-refractivity contribution in [2.75, 3.05) is 7.11 Å². The number of aromatic nitrogens is 2. The molecular weight excluding hydrogens is 204 g/mol. The van der Waals surface area contributed by atoms with Gasteiger partial charge < -0.3 is 9.14 Å². The number of pyridine rings is 1. The highest BCUT2D eigenvalue weighted by Gasteiger charge is 2.01. The van der Waals surface area contributed by atoms with Crippen LogP contribution in [0, 0.1) is 0 Å². The fraction of sp³-hybridized carbons (Fsp3) is 0.333. The summed E-state index contributed by atoms with van der Waals surface area (Å²) < 4.78 is 6.56. The molecule has 4 nitrogen and oxygen atoms in total. The molecule has 0 bridgehead atoms. The Kier molecular flexibility index (Phi) is 3.19. The predicted molar refractivity (Wildman–Crippen MR) is 60.1 cm³/mol. The number of carbonyl (C=O) groups is 1. The molecule has 16 heavy (non-hydrogen) atoms. The number of esters is 1. The molecule has 0 spiro atoms. The van der Waals surface area contributed by atoms with Gasteiger partial charge in [0.05, 0.1) is 25.2 Å². The van der Waals surface area contributed by atoms with E-state index in [4.69, 9.17) is 0 Å². The number of carbonyl (C=O) groups excluding carboxylic acids is 1. The van der Waals surface area contributed by atoms with Crippen LogP contribution >= 0.6 is 0 Å². The molecule has 0 saturated heterocycles. The summed E-state index contributed by atoms with van der Waals surface area (Å²) >= 11 is 0. The molecule has 0 atom stereocenters. The fourth-order valence-electron chi connectivity index (χ4n) is 1.66. The Balaban J connectivity index is 1.96. The van der Waals surface area contributed by atoms with Crippen LogP contribution in [0.5, 0.6) is 0 Å². The molecule has 0 aliphatic heterocycles. The van der Waals surface area contributed by atoms with Crippen molar-refractivity contribution in [3.8, 4) is 0 Å². The van der Waals surface area contributed by atoms with Crippen LogP contribution in [0.4, 0.5) is 0 Å². The molecule has 0 unspecified atom stereocenters. The zero-order valence-corrected chi connectivity index (χ0v) is 9.22. The van der Waals surface area contributed by atoms with Crippen LogP contribution in [0.15, 0.2) is 30.9 Å². The standard InChI is InChI=1S/C12H14N2O2/c1-16-12(15)4-2-3-10-5-6-14-9-13-8-11(14)7-10/h5-9H,2-4H2,1H3. The van der Waals surface area contributed by atoms with E-state index in [2.05, 4.69) is 15.8 Å². The maximum Gasteiger partial charge on any atom is 0.305 e. The molecule has 84 valence electrons. The van der Waals surface area contributed by atoms with Gasteiger partial charge in [0.15, 0.2) is 0 Å². The maximum absolute atomic E-state index is 10.9. The molecule has 0 radical (unpaired) electrons. The highest BCUT2D eigenvalue weighted by molar-refractivity contribution is 5.69. The smallest absolute Gasteiger partial charge is 0.305 e. The van der Waals surface area contributed by atoms with E-state index in [9.17, 15) is 4.79 Å². The van der Waals surface area contributed by atoms with Crippen LogP contribution in [0.3, 0.4) is 0 Å². The molecule has 0 aromatic carbocycles. The van der Waals surface area contributed by atoms with Gasteiger partial charge in [0.25, 0.3) is 0 Å². The zero-order chi connectivity index (χ0) is 11.4. The SMILES string of the molecule is COC(=O)CCCc1ccn2cncc2c1. The second-order valence-electron chi connectivity index (χ2n) is 3.69. The Morgan fingerprint density at radius 2 is 2.44 bits per heavy atom. The lowest BCUT2D eigenvalue weighted by molar-refractivity contribution is -0.140. The minimum atomic E-state index is -0.148. The fourth-order valence-corrected chi connectivity index (χ4v) is 1.66. The average molecular weight is 218 g/mol. The summed E-state index contributed by atoms with van der Waals surface area (Å²) in [5.41, 5.74) is 2.30. The van der Waals surface area contributed by atoms with Gasteiger partial charge >= 0.3 is 5.97 Å². The highest BCUT2D eigenvalue weighted by Crippen LogP contribution is 2.09. The molecule has 2 aromatic rings. The van der Waals surface area contributed by atoms with E-state index < -0.39 is 0 Å². The summed E-state index contributed by atoms with van der Waals surface area (Å²) in [5, 5.41) is 0. The number of hydrogen-bond donors (Lipinski definition) is 0. The third kappa shape index (κ3) is 2.39. The van der Waals surface area contributed by atoms with Gasteiger partial charge in [-0.25, -0.2) is 4.98 Å². The predicted octanol–water partition coefficient (Wildman–Crippen LogP) is 1.83. The molecule has 0 N–H and O–H groups in total. The molecule has 0 amide bonds. The summed E-state index contributed by atoms with van der Waals surface area (Å²) in [6, 6.07) is 4.14. The number of nitrogens with zero attached hydrogens (tertiary/aromatic N) is 2. The van der Waals surface area contributed by atoms with E-state index in [1.165, 1.54) is 12.7 Å². The topological polar surface area (TPSA) is 43.6 Å². The van der Waals surface area contributed by atoms with Crippen molar-refractivity contribution < 1.29 is 9.53 Å². The first kappa shape index (κ1) is 10.7. The van der Waals surface area contributed by atoms with Crippen molar-refractivity contribution in [1.29, 1.82) is 0 Å². The molecule has 2 aromatic heterocycles. The van der Waals surface area contributed by atoms with Gasteiger partial charge in [-0.05, 0) is 30.5 Å². The van der Waals surface area contributed by atoms with E-state index in [0.717, 1.165) is 18.4 Å². The van der Waals surface area contributed by atoms with Crippen molar-refractivity contribution in [3.63, 3.8) is 0 Å². The second kappa shape index (κ2) is 4.79. The number of rotatable bonds is 4. The van der Waals surface area contributed by atoms with Crippen molar-refractivity contribution in [2.24, 2.45) is 0 Å². The monoisotopic (exact) mass is 218 g/mol. The Hall–Kier alpha value is -1.84. The van der Waals surface area contributed by atoms with Crippen LogP contribution in [0.25, 0.3) is 5.52 Å². The Morgan fingerprint density at radius 3 is 3.25 bits per heavy atom. The first-order valence-corrected chi connectivity index (χ1v) is 5.27. The number of fused-ring (bicyclic) bond motifs is 1. The van der Waals surface area contributed by atoms with Gasteiger partial charge in [-0.2, -0.15) is 0 Å². The second-order valence-corrected chi connectivity index (χ2v) is 3.69. The third-order valence-corrected chi connectivity index (χ3v) is 2.55. The molecule has 0 aliphatic carbocycles. The Bertz CT molecular complexity index is 490. The lowest BCUT2D eigenvalue weighted by Crippen LogP contribution is -2.00.